The molecule has 2 aromatic heterocycles. The van der Waals surface area contributed by atoms with Gasteiger partial charge in [-0.15, -0.1) is 0 Å². The number of hydrogen-bond donors (Lipinski definition) is 0. The molecule has 4 nitrogen and oxygen atoms in total. The zero-order valence-corrected chi connectivity index (χ0v) is 10.9. The van der Waals surface area contributed by atoms with E-state index in [9.17, 15) is 4.39 Å². The molecular weight excluding hydrogens is 257 g/mol. The normalized spacial score (nSPS) is 10.7. The Bertz CT molecular complexity index is 747. The molecule has 0 saturated carbocycles. The van der Waals surface area contributed by atoms with Crippen molar-refractivity contribution in [2.24, 2.45) is 0 Å². The average Bonchev–Trinajstić information content (AvgIpc) is 2.46. The van der Waals surface area contributed by atoms with Crippen molar-refractivity contribution < 1.29 is 9.13 Å². The van der Waals surface area contributed by atoms with Gasteiger partial charge in [-0.2, -0.15) is 0 Å². The lowest BCUT2D eigenvalue weighted by Crippen LogP contribution is -2.00. The molecule has 0 bridgehead atoms. The van der Waals surface area contributed by atoms with Gasteiger partial charge in [0.25, 0.3) is 0 Å². The summed E-state index contributed by atoms with van der Waals surface area (Å²) in [6.45, 7) is 2.15. The minimum atomic E-state index is -0.312. The van der Waals surface area contributed by atoms with Crippen LogP contribution in [0.4, 0.5) is 4.39 Å². The predicted molar refractivity (Wildman–Crippen MR) is 72.8 cm³/mol. The first-order chi connectivity index (χ1) is 9.72. The molecule has 20 heavy (non-hydrogen) atoms. The van der Waals surface area contributed by atoms with Gasteiger partial charge in [0, 0.05) is 29.5 Å². The van der Waals surface area contributed by atoms with Crippen LogP contribution in [0.1, 0.15) is 11.4 Å². The first-order valence-corrected chi connectivity index (χ1v) is 6.17. The number of ether oxygens (including phenoxy) is 1. The maximum absolute atomic E-state index is 13.4. The lowest BCUT2D eigenvalue weighted by atomic mass is 10.2. The number of fused-ring (bicyclic) bond motifs is 1. The van der Waals surface area contributed by atoms with E-state index in [1.54, 1.807) is 30.7 Å². The van der Waals surface area contributed by atoms with Crippen LogP contribution in [0, 0.1) is 12.7 Å². The van der Waals surface area contributed by atoms with Crippen molar-refractivity contribution >= 4 is 10.9 Å². The van der Waals surface area contributed by atoms with Crippen LogP contribution in [0.3, 0.4) is 0 Å². The highest BCUT2D eigenvalue weighted by Crippen LogP contribution is 2.26. The maximum atomic E-state index is 13.4. The molecule has 1 aromatic carbocycles. The van der Waals surface area contributed by atoms with Gasteiger partial charge in [0.05, 0.1) is 17.4 Å². The van der Waals surface area contributed by atoms with E-state index in [4.69, 9.17) is 4.74 Å². The summed E-state index contributed by atoms with van der Waals surface area (Å²) in [5.41, 5.74) is 2.24. The van der Waals surface area contributed by atoms with Gasteiger partial charge in [0.2, 0.25) is 0 Å². The third-order valence-corrected chi connectivity index (χ3v) is 2.85. The van der Waals surface area contributed by atoms with E-state index in [1.165, 1.54) is 12.1 Å². The minimum Gasteiger partial charge on any atom is -0.486 e. The number of rotatable bonds is 3. The Hall–Kier alpha value is -2.56. The smallest absolute Gasteiger partial charge is 0.132 e. The van der Waals surface area contributed by atoms with Gasteiger partial charge in [-0.05, 0) is 25.1 Å². The molecule has 0 atom stereocenters. The largest absolute Gasteiger partial charge is 0.486 e. The molecular formula is C15H12FN3O. The number of aryl methyl sites for hydroxylation is 1. The first kappa shape index (κ1) is 12.5. The highest BCUT2D eigenvalue weighted by molar-refractivity contribution is 5.85. The van der Waals surface area contributed by atoms with Gasteiger partial charge in [-0.3, -0.25) is 15.0 Å². The summed E-state index contributed by atoms with van der Waals surface area (Å²) in [6, 6.07) is 6.25. The molecule has 0 aliphatic carbocycles. The number of hydrogen-bond acceptors (Lipinski definition) is 4. The summed E-state index contributed by atoms with van der Waals surface area (Å²) in [6.07, 6.45) is 4.84. The van der Waals surface area contributed by atoms with Crippen LogP contribution >= 0.6 is 0 Å². The fourth-order valence-electron chi connectivity index (χ4n) is 1.97. The summed E-state index contributed by atoms with van der Waals surface area (Å²) in [4.78, 5) is 12.5. The molecule has 2 heterocycles. The third kappa shape index (κ3) is 2.56. The molecule has 0 saturated heterocycles. The van der Waals surface area contributed by atoms with E-state index in [0.29, 0.717) is 22.3 Å². The molecule has 3 aromatic rings. The molecule has 0 spiro atoms. The molecule has 5 heteroatoms. The van der Waals surface area contributed by atoms with E-state index in [1.807, 2.05) is 6.92 Å². The number of halogens is 1. The lowest BCUT2D eigenvalue weighted by molar-refractivity contribution is 0.304. The minimum absolute atomic E-state index is 0.281. The van der Waals surface area contributed by atoms with Gasteiger partial charge < -0.3 is 4.74 Å². The standard InChI is InChI=1S/C15H12FN3O/c1-10-6-15(20-9-12-8-17-4-5-18-12)13-7-11(16)2-3-14(13)19-10/h2-8H,9H2,1H3. The number of nitrogens with zero attached hydrogens (tertiary/aromatic N) is 3. The third-order valence-electron chi connectivity index (χ3n) is 2.85. The lowest BCUT2D eigenvalue weighted by Gasteiger charge is -2.09. The van der Waals surface area contributed by atoms with E-state index in [2.05, 4.69) is 15.0 Å². The Morgan fingerprint density at radius 3 is 2.90 bits per heavy atom. The van der Waals surface area contributed by atoms with Crippen LogP contribution in [-0.2, 0) is 6.61 Å². The maximum Gasteiger partial charge on any atom is 0.132 e. The monoisotopic (exact) mass is 269 g/mol. The Labute approximate surface area is 115 Å². The Morgan fingerprint density at radius 2 is 2.10 bits per heavy atom. The topological polar surface area (TPSA) is 47.9 Å². The predicted octanol–water partition coefficient (Wildman–Crippen LogP) is 3.05. The van der Waals surface area contributed by atoms with E-state index in [0.717, 1.165) is 5.69 Å². The fraction of sp³-hybridized carbons (Fsp3) is 0.133. The molecule has 100 valence electrons. The second-order valence-corrected chi connectivity index (χ2v) is 4.41. The molecule has 0 unspecified atom stereocenters. The van der Waals surface area contributed by atoms with Crippen molar-refractivity contribution in [1.82, 2.24) is 15.0 Å². The SMILES string of the molecule is Cc1cc(OCc2cnccn2)c2cc(F)ccc2n1. The van der Waals surface area contributed by atoms with Crippen LogP contribution in [0.5, 0.6) is 5.75 Å². The van der Waals surface area contributed by atoms with Crippen LogP contribution < -0.4 is 4.74 Å². The number of pyridine rings is 1. The highest BCUT2D eigenvalue weighted by atomic mass is 19.1. The van der Waals surface area contributed by atoms with Gasteiger partial charge in [-0.1, -0.05) is 0 Å². The zero-order chi connectivity index (χ0) is 13.9. The molecule has 3 rings (SSSR count). The van der Waals surface area contributed by atoms with Crippen LogP contribution in [0.15, 0.2) is 42.9 Å². The van der Waals surface area contributed by atoms with Crippen LogP contribution in [0.25, 0.3) is 10.9 Å². The van der Waals surface area contributed by atoms with Gasteiger partial charge in [-0.25, -0.2) is 4.39 Å². The highest BCUT2D eigenvalue weighted by Gasteiger charge is 2.07. The molecule has 0 fully saturated rings. The average molecular weight is 269 g/mol. The second-order valence-electron chi connectivity index (χ2n) is 4.41. The van der Waals surface area contributed by atoms with Gasteiger partial charge in [0.15, 0.2) is 0 Å². The van der Waals surface area contributed by atoms with Gasteiger partial charge >= 0.3 is 0 Å². The first-order valence-electron chi connectivity index (χ1n) is 6.17. The second kappa shape index (κ2) is 5.21. The molecule has 0 aliphatic rings. The van der Waals surface area contributed by atoms with Crippen molar-refractivity contribution in [3.63, 3.8) is 0 Å². The summed E-state index contributed by atoms with van der Waals surface area (Å²) in [5, 5.41) is 0.652. The molecule has 0 aliphatic heterocycles. The van der Waals surface area contributed by atoms with E-state index >= 15 is 0 Å². The summed E-state index contributed by atoms with van der Waals surface area (Å²) >= 11 is 0. The summed E-state index contributed by atoms with van der Waals surface area (Å²) in [5.74, 6) is 0.283. The Kier molecular flexibility index (Phi) is 3.25. The van der Waals surface area contributed by atoms with Crippen molar-refractivity contribution in [3.05, 3.63) is 60.1 Å². The van der Waals surface area contributed by atoms with E-state index in [-0.39, 0.29) is 12.4 Å². The summed E-state index contributed by atoms with van der Waals surface area (Å²) < 4.78 is 19.1. The zero-order valence-electron chi connectivity index (χ0n) is 10.9. The van der Waals surface area contributed by atoms with Gasteiger partial charge in [0.1, 0.15) is 18.2 Å². The van der Waals surface area contributed by atoms with Crippen molar-refractivity contribution in [2.45, 2.75) is 13.5 Å². The Balaban J connectivity index is 1.96. The number of aromatic nitrogens is 3. The number of benzene rings is 1. The van der Waals surface area contributed by atoms with Crippen molar-refractivity contribution in [1.29, 1.82) is 0 Å². The Morgan fingerprint density at radius 1 is 1.20 bits per heavy atom. The summed E-state index contributed by atoms with van der Waals surface area (Å²) in [7, 11) is 0. The molecule has 0 radical (unpaired) electrons. The van der Waals surface area contributed by atoms with Crippen LogP contribution in [-0.4, -0.2) is 15.0 Å². The van der Waals surface area contributed by atoms with Crippen molar-refractivity contribution in [2.75, 3.05) is 0 Å². The van der Waals surface area contributed by atoms with Crippen LogP contribution in [0.2, 0.25) is 0 Å². The fourth-order valence-corrected chi connectivity index (χ4v) is 1.97. The van der Waals surface area contributed by atoms with Crippen molar-refractivity contribution in [3.8, 4) is 5.75 Å². The van der Waals surface area contributed by atoms with E-state index < -0.39 is 0 Å². The molecule has 0 amide bonds. The molecule has 0 N–H and O–H groups in total. The quantitative estimate of drug-likeness (QED) is 0.733.